The molecule has 9 heteroatoms. The standard InChI is InChI=1S/C29H36N6O3/c1-5-6-22-25-24(35(4)28(37)26(22)38-17-19-7-8-19)16-30-29(33-25)32-23-10-9-20(15-18(23)2)27(36)31-21-11-13-34(3)14-12-21/h5-6,9-10,15-16,19,21H,7-8,11-14,17H2,1-4H3,(H,31,36)(H,30,32,33). The molecule has 0 spiro atoms. The molecule has 9 nitrogen and oxygen atoms in total. The van der Waals surface area contributed by atoms with E-state index in [2.05, 4.69) is 27.6 Å². The number of rotatable bonds is 8. The Labute approximate surface area is 222 Å². The van der Waals surface area contributed by atoms with Crippen LogP contribution in [-0.4, -0.2) is 58.1 Å². The molecule has 0 radical (unpaired) electrons. The molecule has 3 heterocycles. The normalized spacial score (nSPS) is 16.7. The summed E-state index contributed by atoms with van der Waals surface area (Å²) in [6.45, 7) is 6.39. The molecule has 1 aromatic carbocycles. The molecule has 1 saturated carbocycles. The van der Waals surface area contributed by atoms with E-state index in [9.17, 15) is 9.59 Å². The van der Waals surface area contributed by atoms with Crippen molar-refractivity contribution in [2.75, 3.05) is 32.1 Å². The van der Waals surface area contributed by atoms with Crippen molar-refractivity contribution in [3.8, 4) is 5.75 Å². The second-order valence-corrected chi connectivity index (χ2v) is 10.5. The molecule has 2 N–H and O–H groups in total. The molecule has 200 valence electrons. The average molecular weight is 517 g/mol. The monoisotopic (exact) mass is 516 g/mol. The minimum Gasteiger partial charge on any atom is -0.487 e. The third-order valence-electron chi connectivity index (χ3n) is 7.41. The number of piperidine rings is 1. The molecule has 0 bridgehead atoms. The van der Waals surface area contributed by atoms with Gasteiger partial charge in [0.25, 0.3) is 11.5 Å². The number of carbonyl (C=O) groups excluding carboxylic acids is 1. The van der Waals surface area contributed by atoms with Crippen molar-refractivity contribution in [1.29, 1.82) is 0 Å². The van der Waals surface area contributed by atoms with Gasteiger partial charge in [0.15, 0.2) is 5.75 Å². The summed E-state index contributed by atoms with van der Waals surface area (Å²) >= 11 is 0. The van der Waals surface area contributed by atoms with Gasteiger partial charge in [-0.1, -0.05) is 12.2 Å². The zero-order chi connectivity index (χ0) is 26.8. The van der Waals surface area contributed by atoms with E-state index in [0.717, 1.165) is 50.0 Å². The maximum absolute atomic E-state index is 13.1. The summed E-state index contributed by atoms with van der Waals surface area (Å²) in [7, 11) is 3.82. The van der Waals surface area contributed by atoms with E-state index in [4.69, 9.17) is 9.72 Å². The second kappa shape index (κ2) is 10.9. The van der Waals surface area contributed by atoms with E-state index in [1.165, 1.54) is 4.57 Å². The highest BCUT2D eigenvalue weighted by Gasteiger charge is 2.25. The summed E-state index contributed by atoms with van der Waals surface area (Å²) in [6.07, 6.45) is 9.62. The number of hydrogen-bond donors (Lipinski definition) is 2. The van der Waals surface area contributed by atoms with Gasteiger partial charge in [0.2, 0.25) is 5.95 Å². The van der Waals surface area contributed by atoms with E-state index in [1.807, 2.05) is 44.2 Å². The molecule has 2 fully saturated rings. The average Bonchev–Trinajstić information content (AvgIpc) is 3.74. The van der Waals surface area contributed by atoms with Gasteiger partial charge in [-0.05, 0) is 89.3 Å². The molecule has 1 amide bonds. The summed E-state index contributed by atoms with van der Waals surface area (Å²) in [5.74, 6) is 1.20. The third-order valence-corrected chi connectivity index (χ3v) is 7.41. The van der Waals surface area contributed by atoms with Crippen molar-refractivity contribution in [1.82, 2.24) is 24.8 Å². The Balaban J connectivity index is 1.39. The number of benzene rings is 1. The third kappa shape index (κ3) is 5.57. The number of aryl methyl sites for hydroxylation is 2. The Morgan fingerprint density at radius 1 is 1.18 bits per heavy atom. The number of pyridine rings is 1. The molecular weight excluding hydrogens is 480 g/mol. The van der Waals surface area contributed by atoms with Crippen molar-refractivity contribution in [3.05, 3.63) is 57.5 Å². The van der Waals surface area contributed by atoms with Crippen molar-refractivity contribution < 1.29 is 9.53 Å². The molecule has 38 heavy (non-hydrogen) atoms. The van der Waals surface area contributed by atoms with Crippen LogP contribution in [0.2, 0.25) is 0 Å². The van der Waals surface area contributed by atoms with Gasteiger partial charge < -0.3 is 24.8 Å². The molecule has 1 aliphatic heterocycles. The van der Waals surface area contributed by atoms with Gasteiger partial charge in [-0.2, -0.15) is 0 Å². The van der Waals surface area contributed by atoms with Crippen LogP contribution in [0.5, 0.6) is 5.75 Å². The van der Waals surface area contributed by atoms with Crippen molar-refractivity contribution >= 4 is 34.7 Å². The van der Waals surface area contributed by atoms with Crippen LogP contribution < -0.4 is 20.9 Å². The van der Waals surface area contributed by atoms with E-state index < -0.39 is 0 Å². The number of amides is 1. The van der Waals surface area contributed by atoms with Gasteiger partial charge in [-0.25, -0.2) is 9.97 Å². The summed E-state index contributed by atoms with van der Waals surface area (Å²) in [5, 5.41) is 6.46. The van der Waals surface area contributed by atoms with Gasteiger partial charge in [0.1, 0.15) is 5.52 Å². The number of nitrogens with zero attached hydrogens (tertiary/aromatic N) is 4. The maximum Gasteiger partial charge on any atom is 0.293 e. The number of carbonyl (C=O) groups is 1. The fourth-order valence-corrected chi connectivity index (χ4v) is 4.80. The molecule has 1 saturated heterocycles. The lowest BCUT2D eigenvalue weighted by atomic mass is 10.0. The summed E-state index contributed by atoms with van der Waals surface area (Å²) < 4.78 is 7.54. The van der Waals surface area contributed by atoms with E-state index in [0.29, 0.717) is 46.4 Å². The fraction of sp³-hybridized carbons (Fsp3) is 0.448. The van der Waals surface area contributed by atoms with Crippen LogP contribution in [0.25, 0.3) is 17.1 Å². The first kappa shape index (κ1) is 25.9. The van der Waals surface area contributed by atoms with Gasteiger partial charge in [0.05, 0.1) is 23.9 Å². The fourth-order valence-electron chi connectivity index (χ4n) is 4.80. The number of likely N-dealkylation sites (tertiary alicyclic amines) is 1. The Hall–Kier alpha value is -3.72. The van der Waals surface area contributed by atoms with Crippen LogP contribution in [0.15, 0.2) is 35.3 Å². The molecule has 2 aliphatic rings. The van der Waals surface area contributed by atoms with Gasteiger partial charge >= 0.3 is 0 Å². The molecular formula is C29H36N6O3. The topological polar surface area (TPSA) is 101 Å². The van der Waals surface area contributed by atoms with Crippen LogP contribution in [-0.2, 0) is 7.05 Å². The lowest BCUT2D eigenvalue weighted by Crippen LogP contribution is -2.43. The number of anilines is 2. The lowest BCUT2D eigenvalue weighted by Gasteiger charge is -2.29. The molecule has 1 aliphatic carbocycles. The zero-order valence-corrected chi connectivity index (χ0v) is 22.6. The lowest BCUT2D eigenvalue weighted by molar-refractivity contribution is 0.0917. The quantitative estimate of drug-likeness (QED) is 0.466. The first-order valence-corrected chi connectivity index (χ1v) is 13.4. The van der Waals surface area contributed by atoms with Crippen LogP contribution in [0.3, 0.4) is 0 Å². The molecule has 5 rings (SSSR count). The molecule has 0 unspecified atom stereocenters. The highest BCUT2D eigenvalue weighted by atomic mass is 16.5. The van der Waals surface area contributed by atoms with Crippen LogP contribution >= 0.6 is 0 Å². The predicted octanol–water partition coefficient (Wildman–Crippen LogP) is 4.03. The number of ether oxygens (including phenoxy) is 1. The zero-order valence-electron chi connectivity index (χ0n) is 22.6. The second-order valence-electron chi connectivity index (χ2n) is 10.5. The SMILES string of the molecule is CC=Cc1c(OCC2CC2)c(=O)n(C)c2cnc(Nc3ccc(C(=O)NC4CCN(C)CC4)cc3C)nc12. The van der Waals surface area contributed by atoms with Crippen LogP contribution in [0, 0.1) is 12.8 Å². The smallest absolute Gasteiger partial charge is 0.293 e. The van der Waals surface area contributed by atoms with Gasteiger partial charge in [0, 0.05) is 24.3 Å². The molecule has 0 atom stereocenters. The first-order chi connectivity index (χ1) is 18.3. The summed E-state index contributed by atoms with van der Waals surface area (Å²) in [5.41, 5.74) is 4.09. The Morgan fingerprint density at radius 2 is 1.95 bits per heavy atom. The van der Waals surface area contributed by atoms with Gasteiger partial charge in [-0.15, -0.1) is 0 Å². The molecule has 3 aromatic rings. The highest BCUT2D eigenvalue weighted by Crippen LogP contribution is 2.31. The van der Waals surface area contributed by atoms with E-state index in [1.54, 1.807) is 13.2 Å². The Kier molecular flexibility index (Phi) is 7.46. The van der Waals surface area contributed by atoms with Crippen molar-refractivity contribution in [2.24, 2.45) is 13.0 Å². The summed E-state index contributed by atoms with van der Waals surface area (Å²) in [6, 6.07) is 5.79. The highest BCUT2D eigenvalue weighted by molar-refractivity contribution is 5.95. The Bertz CT molecular complexity index is 1430. The molecule has 2 aromatic heterocycles. The minimum absolute atomic E-state index is 0.0493. The maximum atomic E-state index is 13.1. The number of nitrogens with one attached hydrogen (secondary N) is 2. The first-order valence-electron chi connectivity index (χ1n) is 13.4. The summed E-state index contributed by atoms with van der Waals surface area (Å²) in [4.78, 5) is 37.4. The predicted molar refractivity (Wildman–Crippen MR) is 150 cm³/mol. The largest absolute Gasteiger partial charge is 0.487 e. The van der Waals surface area contributed by atoms with E-state index >= 15 is 0 Å². The Morgan fingerprint density at radius 3 is 2.63 bits per heavy atom. The van der Waals surface area contributed by atoms with Crippen molar-refractivity contribution in [2.45, 2.75) is 45.6 Å². The minimum atomic E-state index is -0.194. The number of allylic oxidation sites excluding steroid dienone is 1. The van der Waals surface area contributed by atoms with Crippen LogP contribution in [0.4, 0.5) is 11.6 Å². The number of aromatic nitrogens is 3. The van der Waals surface area contributed by atoms with E-state index in [-0.39, 0.29) is 17.5 Å². The number of hydrogen-bond acceptors (Lipinski definition) is 7. The van der Waals surface area contributed by atoms with Gasteiger partial charge in [-0.3, -0.25) is 9.59 Å². The van der Waals surface area contributed by atoms with Crippen LogP contribution in [0.1, 0.15) is 54.1 Å². The number of fused-ring (bicyclic) bond motifs is 1. The van der Waals surface area contributed by atoms with Crippen molar-refractivity contribution in [3.63, 3.8) is 0 Å².